The number of ether oxygens (including phenoxy) is 3. The highest BCUT2D eigenvalue weighted by molar-refractivity contribution is 5.89. The number of nitrogens with one attached hydrogen (secondary N) is 1. The van der Waals surface area contributed by atoms with E-state index in [4.69, 9.17) is 19.2 Å². The number of fused-ring (bicyclic) bond motifs is 1. The number of anilines is 3. The van der Waals surface area contributed by atoms with Gasteiger partial charge in [0.15, 0.2) is 0 Å². The van der Waals surface area contributed by atoms with E-state index in [1.165, 1.54) is 12.8 Å². The first-order valence-electron chi connectivity index (χ1n) is 12.8. The Bertz CT molecular complexity index is 1490. The van der Waals surface area contributed by atoms with Crippen molar-refractivity contribution in [2.75, 3.05) is 43.6 Å². The minimum atomic E-state index is 0.425. The van der Waals surface area contributed by atoms with Crippen LogP contribution in [0.4, 0.5) is 17.2 Å². The van der Waals surface area contributed by atoms with Gasteiger partial charge in [-0.15, -0.1) is 0 Å². The predicted molar refractivity (Wildman–Crippen MR) is 143 cm³/mol. The topological polar surface area (TPSA) is 110 Å². The Balaban J connectivity index is 1.20. The highest BCUT2D eigenvalue weighted by Crippen LogP contribution is 2.35. The van der Waals surface area contributed by atoms with Crippen LogP contribution in [0.15, 0.2) is 48.9 Å². The normalized spacial score (nSPS) is 15.3. The molecule has 2 aromatic carbocycles. The number of methoxy groups -OCH3 is 1. The van der Waals surface area contributed by atoms with Crippen LogP contribution in [0.3, 0.4) is 0 Å². The molecule has 4 aromatic rings. The SMILES string of the molecule is COc1cc(OCc2cnn(CC3CC3)c2)ccc1Nc1ccc2ncc(N3CCOCC3)nc2c1C#N. The molecule has 0 amide bonds. The molecule has 0 spiro atoms. The van der Waals surface area contributed by atoms with E-state index in [1.54, 1.807) is 13.3 Å². The van der Waals surface area contributed by atoms with Gasteiger partial charge in [-0.2, -0.15) is 10.4 Å². The first-order chi connectivity index (χ1) is 18.7. The minimum absolute atomic E-state index is 0.425. The number of morpholine rings is 1. The number of hydrogen-bond donors (Lipinski definition) is 1. The quantitative estimate of drug-likeness (QED) is 0.352. The van der Waals surface area contributed by atoms with Crippen molar-refractivity contribution in [3.63, 3.8) is 0 Å². The number of aromatic nitrogens is 4. The standard InChI is InChI=1S/C28H29N7O3/c1-36-26-12-21(38-18-20-14-31-35(17-20)16-19-2-3-19)4-5-24(26)32-23-6-7-25-28(22(23)13-29)33-27(15-30-25)34-8-10-37-11-9-34/h4-7,12,14-15,17,19,32H,2-3,8-11,16,18H2,1H3. The van der Waals surface area contributed by atoms with Crippen LogP contribution in [0.1, 0.15) is 24.0 Å². The molecule has 1 saturated carbocycles. The molecule has 0 atom stereocenters. The maximum atomic E-state index is 10.0. The monoisotopic (exact) mass is 511 g/mol. The van der Waals surface area contributed by atoms with Crippen molar-refractivity contribution in [2.45, 2.75) is 26.0 Å². The van der Waals surface area contributed by atoms with E-state index in [1.807, 2.05) is 47.4 Å². The lowest BCUT2D eigenvalue weighted by molar-refractivity contribution is 0.122. The van der Waals surface area contributed by atoms with Gasteiger partial charge in [0.2, 0.25) is 0 Å². The van der Waals surface area contributed by atoms with Crippen LogP contribution in [-0.2, 0) is 17.9 Å². The second-order valence-electron chi connectivity index (χ2n) is 9.59. The van der Waals surface area contributed by atoms with Gasteiger partial charge < -0.3 is 24.4 Å². The zero-order valence-electron chi connectivity index (χ0n) is 21.3. The molecule has 1 saturated heterocycles. The summed E-state index contributed by atoms with van der Waals surface area (Å²) in [6, 6.07) is 11.6. The van der Waals surface area contributed by atoms with Crippen molar-refractivity contribution < 1.29 is 14.2 Å². The summed E-state index contributed by atoms with van der Waals surface area (Å²) >= 11 is 0. The third-order valence-corrected chi connectivity index (χ3v) is 6.83. The zero-order chi connectivity index (χ0) is 25.9. The van der Waals surface area contributed by atoms with Crippen molar-refractivity contribution in [2.24, 2.45) is 5.92 Å². The van der Waals surface area contributed by atoms with Gasteiger partial charge in [-0.05, 0) is 43.0 Å². The fraction of sp³-hybridized carbons (Fsp3) is 0.357. The Labute approximate surface area is 220 Å². The van der Waals surface area contributed by atoms with Crippen molar-refractivity contribution in [1.82, 2.24) is 19.7 Å². The molecule has 0 bridgehead atoms. The first-order valence-corrected chi connectivity index (χ1v) is 12.8. The maximum Gasteiger partial charge on any atom is 0.148 e. The average Bonchev–Trinajstić information content (AvgIpc) is 3.67. The van der Waals surface area contributed by atoms with Crippen LogP contribution in [0.2, 0.25) is 0 Å². The lowest BCUT2D eigenvalue weighted by Crippen LogP contribution is -2.36. The number of nitriles is 1. The minimum Gasteiger partial charge on any atom is -0.494 e. The van der Waals surface area contributed by atoms with Crippen LogP contribution in [0.25, 0.3) is 11.0 Å². The first kappa shape index (κ1) is 24.0. The average molecular weight is 512 g/mol. The smallest absolute Gasteiger partial charge is 0.148 e. The lowest BCUT2D eigenvalue weighted by Gasteiger charge is -2.27. The lowest BCUT2D eigenvalue weighted by atomic mass is 10.1. The summed E-state index contributed by atoms with van der Waals surface area (Å²) in [5, 5.41) is 17.8. The molecular weight excluding hydrogens is 482 g/mol. The van der Waals surface area contributed by atoms with Crippen molar-refractivity contribution in [3.05, 3.63) is 60.0 Å². The summed E-state index contributed by atoms with van der Waals surface area (Å²) in [4.78, 5) is 11.5. The van der Waals surface area contributed by atoms with E-state index in [-0.39, 0.29) is 0 Å². The molecule has 1 aliphatic heterocycles. The molecule has 1 aliphatic carbocycles. The van der Waals surface area contributed by atoms with Gasteiger partial charge in [-0.3, -0.25) is 9.67 Å². The van der Waals surface area contributed by atoms with Crippen LogP contribution in [0.5, 0.6) is 11.5 Å². The molecule has 1 N–H and O–H groups in total. The third kappa shape index (κ3) is 5.19. The second kappa shape index (κ2) is 10.6. The van der Waals surface area contributed by atoms with Gasteiger partial charge in [-0.25, -0.2) is 4.98 Å². The summed E-state index contributed by atoms with van der Waals surface area (Å²) in [5.41, 5.74) is 4.02. The highest BCUT2D eigenvalue weighted by Gasteiger charge is 2.22. The largest absolute Gasteiger partial charge is 0.494 e. The fourth-order valence-electron chi connectivity index (χ4n) is 4.55. The van der Waals surface area contributed by atoms with Crippen LogP contribution in [0, 0.1) is 17.2 Å². The molecule has 2 aromatic heterocycles. The maximum absolute atomic E-state index is 10.0. The number of nitrogens with zero attached hydrogens (tertiary/aromatic N) is 6. The van der Waals surface area contributed by atoms with Gasteiger partial charge in [0.25, 0.3) is 0 Å². The van der Waals surface area contributed by atoms with Crippen LogP contribution < -0.4 is 19.7 Å². The summed E-state index contributed by atoms with van der Waals surface area (Å²) in [6.07, 6.45) is 8.24. The van der Waals surface area contributed by atoms with E-state index < -0.39 is 0 Å². The van der Waals surface area contributed by atoms with Crippen molar-refractivity contribution >= 4 is 28.2 Å². The third-order valence-electron chi connectivity index (χ3n) is 6.83. The van der Waals surface area contributed by atoms with E-state index >= 15 is 0 Å². The Morgan fingerprint density at radius 1 is 1.13 bits per heavy atom. The highest BCUT2D eigenvalue weighted by atomic mass is 16.5. The Morgan fingerprint density at radius 2 is 1.97 bits per heavy atom. The molecule has 2 aliphatic rings. The van der Waals surface area contributed by atoms with Gasteiger partial charge in [0, 0.05) is 37.5 Å². The van der Waals surface area contributed by atoms with Crippen molar-refractivity contribution in [3.8, 4) is 17.6 Å². The van der Waals surface area contributed by atoms with Crippen molar-refractivity contribution in [1.29, 1.82) is 5.26 Å². The molecule has 2 fully saturated rings. The van der Waals surface area contributed by atoms with Gasteiger partial charge in [0.05, 0.1) is 49.6 Å². The van der Waals surface area contributed by atoms with Gasteiger partial charge in [0.1, 0.15) is 41.1 Å². The molecular formula is C28H29N7O3. The number of rotatable bonds is 9. The zero-order valence-corrected chi connectivity index (χ0v) is 21.3. The van der Waals surface area contributed by atoms with E-state index in [0.717, 1.165) is 36.9 Å². The van der Waals surface area contributed by atoms with Gasteiger partial charge >= 0.3 is 0 Å². The Hall–Kier alpha value is -4.36. The summed E-state index contributed by atoms with van der Waals surface area (Å²) in [7, 11) is 1.61. The summed E-state index contributed by atoms with van der Waals surface area (Å²) in [6.45, 7) is 4.19. The predicted octanol–water partition coefficient (Wildman–Crippen LogP) is 4.28. The summed E-state index contributed by atoms with van der Waals surface area (Å²) in [5.74, 6) is 2.80. The molecule has 3 heterocycles. The number of benzene rings is 2. The molecule has 10 heteroatoms. The van der Waals surface area contributed by atoms with E-state index in [2.05, 4.69) is 26.4 Å². The fourth-order valence-corrected chi connectivity index (χ4v) is 4.55. The van der Waals surface area contributed by atoms with E-state index in [9.17, 15) is 5.26 Å². The molecule has 0 unspecified atom stereocenters. The molecule has 10 nitrogen and oxygen atoms in total. The van der Waals surface area contributed by atoms with Gasteiger partial charge in [-0.1, -0.05) is 0 Å². The second-order valence-corrected chi connectivity index (χ2v) is 9.59. The molecule has 0 radical (unpaired) electrons. The van der Waals surface area contributed by atoms with Crippen LogP contribution in [-0.4, -0.2) is 53.2 Å². The Morgan fingerprint density at radius 3 is 2.76 bits per heavy atom. The molecule has 38 heavy (non-hydrogen) atoms. The molecule has 6 rings (SSSR count). The van der Waals surface area contributed by atoms with E-state index in [0.29, 0.717) is 59.3 Å². The molecule has 194 valence electrons. The number of hydrogen-bond acceptors (Lipinski definition) is 9. The Kier molecular flexibility index (Phi) is 6.67. The van der Waals surface area contributed by atoms with Crippen LogP contribution >= 0.6 is 0 Å². The summed E-state index contributed by atoms with van der Waals surface area (Å²) < 4.78 is 19.1.